The van der Waals surface area contributed by atoms with Gasteiger partial charge in [-0.15, -0.1) is 11.6 Å². The monoisotopic (exact) mass is 178 g/mol. The van der Waals surface area contributed by atoms with Crippen LogP contribution in [0.25, 0.3) is 0 Å². The number of alkyl halides is 1. The highest BCUT2D eigenvalue weighted by Gasteiger charge is 2.20. The number of hydrogen-bond donors (Lipinski definition) is 0. The summed E-state index contributed by atoms with van der Waals surface area (Å²) in [4.78, 5) is 0. The van der Waals surface area contributed by atoms with Crippen molar-refractivity contribution < 1.29 is 4.74 Å². The van der Waals surface area contributed by atoms with Gasteiger partial charge in [0.2, 0.25) is 0 Å². The Morgan fingerprint density at radius 3 is 2.36 bits per heavy atom. The predicted molar refractivity (Wildman–Crippen MR) is 50.2 cm³/mol. The molecule has 0 radical (unpaired) electrons. The average molecular weight is 179 g/mol. The predicted octanol–water partition coefficient (Wildman–Crippen LogP) is 3.07. The molecule has 0 aromatic carbocycles. The summed E-state index contributed by atoms with van der Waals surface area (Å²) < 4.78 is 5.54. The molecule has 0 aromatic heterocycles. The second kappa shape index (κ2) is 5.00. The van der Waals surface area contributed by atoms with Crippen LogP contribution in [0.1, 0.15) is 34.1 Å². The van der Waals surface area contributed by atoms with Crippen LogP contribution in [0.3, 0.4) is 0 Å². The Balaban J connectivity index is 3.70. The Bertz CT molecular complexity index is 102. The lowest BCUT2D eigenvalue weighted by Gasteiger charge is -2.27. The quantitative estimate of drug-likeness (QED) is 0.588. The number of hydrogen-bond acceptors (Lipinski definition) is 1. The van der Waals surface area contributed by atoms with Crippen LogP contribution in [-0.4, -0.2) is 18.1 Å². The zero-order valence-corrected chi connectivity index (χ0v) is 8.74. The summed E-state index contributed by atoms with van der Waals surface area (Å²) in [5.74, 6) is 1.26. The van der Waals surface area contributed by atoms with E-state index in [9.17, 15) is 0 Å². The molecule has 0 spiro atoms. The number of rotatable bonds is 5. The molecule has 0 saturated carbocycles. The first-order chi connectivity index (χ1) is 5.02. The van der Waals surface area contributed by atoms with E-state index in [2.05, 4.69) is 20.8 Å². The first kappa shape index (κ1) is 11.2. The van der Waals surface area contributed by atoms with Crippen molar-refractivity contribution in [3.8, 4) is 0 Å². The van der Waals surface area contributed by atoms with Gasteiger partial charge < -0.3 is 4.74 Å². The van der Waals surface area contributed by atoms with Gasteiger partial charge in [-0.25, -0.2) is 0 Å². The zero-order valence-electron chi connectivity index (χ0n) is 7.98. The van der Waals surface area contributed by atoms with E-state index in [1.165, 1.54) is 0 Å². The van der Waals surface area contributed by atoms with Crippen LogP contribution in [0.2, 0.25) is 0 Å². The highest BCUT2D eigenvalue weighted by atomic mass is 35.5. The Morgan fingerprint density at radius 2 is 2.00 bits per heavy atom. The van der Waals surface area contributed by atoms with Crippen molar-refractivity contribution in [3.05, 3.63) is 0 Å². The molecule has 0 saturated heterocycles. The van der Waals surface area contributed by atoms with Crippen molar-refractivity contribution in [1.82, 2.24) is 0 Å². The molecular formula is C9H19ClO. The van der Waals surface area contributed by atoms with E-state index in [0.717, 1.165) is 18.9 Å². The van der Waals surface area contributed by atoms with Crippen molar-refractivity contribution in [2.45, 2.75) is 39.7 Å². The topological polar surface area (TPSA) is 9.23 Å². The van der Waals surface area contributed by atoms with Gasteiger partial charge in [0.1, 0.15) is 0 Å². The van der Waals surface area contributed by atoms with Crippen LogP contribution in [-0.2, 0) is 4.74 Å². The largest absolute Gasteiger partial charge is 0.376 e. The smallest absolute Gasteiger partial charge is 0.0629 e. The van der Waals surface area contributed by atoms with Gasteiger partial charge in [0.15, 0.2) is 0 Å². The van der Waals surface area contributed by atoms with Gasteiger partial charge in [-0.2, -0.15) is 0 Å². The fourth-order valence-electron chi connectivity index (χ4n) is 1.34. The molecule has 68 valence electrons. The molecule has 0 bridgehead atoms. The Morgan fingerprint density at radius 1 is 1.45 bits per heavy atom. The highest BCUT2D eigenvalue weighted by Crippen LogP contribution is 2.20. The molecule has 0 rings (SSSR count). The summed E-state index contributed by atoms with van der Waals surface area (Å²) >= 11 is 5.70. The summed E-state index contributed by atoms with van der Waals surface area (Å²) in [6.07, 6.45) is 1.03. The maximum atomic E-state index is 5.70. The first-order valence-corrected chi connectivity index (χ1v) is 4.75. The lowest BCUT2D eigenvalue weighted by Crippen LogP contribution is -2.27. The molecule has 0 aromatic rings. The maximum absolute atomic E-state index is 5.70. The molecule has 0 aliphatic carbocycles. The van der Waals surface area contributed by atoms with Crippen molar-refractivity contribution in [1.29, 1.82) is 0 Å². The molecule has 0 heterocycles. The Labute approximate surface area is 75.1 Å². The van der Waals surface area contributed by atoms with Gasteiger partial charge in [0, 0.05) is 12.5 Å². The van der Waals surface area contributed by atoms with Crippen molar-refractivity contribution >= 4 is 11.6 Å². The zero-order chi connectivity index (χ0) is 8.91. The van der Waals surface area contributed by atoms with Gasteiger partial charge in [0.05, 0.1) is 5.60 Å². The minimum absolute atomic E-state index is 0.0109. The van der Waals surface area contributed by atoms with Crippen LogP contribution in [0, 0.1) is 5.92 Å². The van der Waals surface area contributed by atoms with E-state index in [4.69, 9.17) is 16.3 Å². The van der Waals surface area contributed by atoms with Gasteiger partial charge in [-0.05, 0) is 33.1 Å². The Kier molecular flexibility index (Phi) is 5.11. The third kappa shape index (κ3) is 5.51. The van der Waals surface area contributed by atoms with Gasteiger partial charge in [-0.1, -0.05) is 6.92 Å². The minimum atomic E-state index is -0.0109. The molecule has 1 atom stereocenters. The summed E-state index contributed by atoms with van der Waals surface area (Å²) in [6.45, 7) is 9.17. The highest BCUT2D eigenvalue weighted by molar-refractivity contribution is 6.18. The van der Waals surface area contributed by atoms with Crippen LogP contribution in [0.15, 0.2) is 0 Å². The second-order valence-electron chi connectivity index (χ2n) is 3.66. The van der Waals surface area contributed by atoms with E-state index in [0.29, 0.717) is 5.92 Å². The van der Waals surface area contributed by atoms with E-state index in [1.807, 2.05) is 6.92 Å². The normalized spacial score (nSPS) is 15.0. The third-order valence-electron chi connectivity index (χ3n) is 1.64. The van der Waals surface area contributed by atoms with Crippen molar-refractivity contribution in [2.75, 3.05) is 12.5 Å². The summed E-state index contributed by atoms with van der Waals surface area (Å²) in [5.41, 5.74) is -0.0109. The molecular weight excluding hydrogens is 160 g/mol. The van der Waals surface area contributed by atoms with Gasteiger partial charge in [0.25, 0.3) is 0 Å². The van der Waals surface area contributed by atoms with Crippen molar-refractivity contribution in [3.63, 3.8) is 0 Å². The van der Waals surface area contributed by atoms with E-state index in [-0.39, 0.29) is 5.60 Å². The Hall–Kier alpha value is 0.250. The molecule has 0 N–H and O–H groups in total. The SMILES string of the molecule is CCOC(C)(C)CC(C)CCl. The van der Waals surface area contributed by atoms with Crippen LogP contribution < -0.4 is 0 Å². The molecule has 1 unspecified atom stereocenters. The van der Waals surface area contributed by atoms with E-state index >= 15 is 0 Å². The second-order valence-corrected chi connectivity index (χ2v) is 3.96. The minimum Gasteiger partial charge on any atom is -0.376 e. The number of halogens is 1. The van der Waals surface area contributed by atoms with Gasteiger partial charge >= 0.3 is 0 Å². The first-order valence-electron chi connectivity index (χ1n) is 4.21. The molecule has 0 aliphatic rings. The summed E-state index contributed by atoms with van der Waals surface area (Å²) in [6, 6.07) is 0. The van der Waals surface area contributed by atoms with E-state index < -0.39 is 0 Å². The fourth-order valence-corrected chi connectivity index (χ4v) is 1.45. The van der Waals surface area contributed by atoms with Crippen LogP contribution in [0.4, 0.5) is 0 Å². The lowest BCUT2D eigenvalue weighted by atomic mass is 9.96. The summed E-state index contributed by atoms with van der Waals surface area (Å²) in [7, 11) is 0. The van der Waals surface area contributed by atoms with Crippen molar-refractivity contribution in [2.24, 2.45) is 5.92 Å². The molecule has 11 heavy (non-hydrogen) atoms. The van der Waals surface area contributed by atoms with Gasteiger partial charge in [-0.3, -0.25) is 0 Å². The standard InChI is InChI=1S/C9H19ClO/c1-5-11-9(3,4)6-8(2)7-10/h8H,5-7H2,1-4H3. The molecule has 0 fully saturated rings. The van der Waals surface area contributed by atoms with E-state index in [1.54, 1.807) is 0 Å². The molecule has 1 nitrogen and oxygen atoms in total. The summed E-state index contributed by atoms with van der Waals surface area (Å²) in [5, 5.41) is 0. The third-order valence-corrected chi connectivity index (χ3v) is 2.17. The fraction of sp³-hybridized carbons (Fsp3) is 1.00. The van der Waals surface area contributed by atoms with Crippen LogP contribution >= 0.6 is 11.6 Å². The van der Waals surface area contributed by atoms with Crippen LogP contribution in [0.5, 0.6) is 0 Å². The number of ether oxygens (including phenoxy) is 1. The molecule has 0 amide bonds. The average Bonchev–Trinajstić information content (AvgIpc) is 1.86. The maximum Gasteiger partial charge on any atom is 0.0629 e. The lowest BCUT2D eigenvalue weighted by molar-refractivity contribution is -0.0240. The molecule has 0 aliphatic heterocycles. The molecule has 2 heteroatoms.